The molecule has 3 rings (SSSR count). The Hall–Kier alpha value is -1.32. The van der Waals surface area contributed by atoms with E-state index in [1.807, 2.05) is 0 Å². The van der Waals surface area contributed by atoms with Crippen LogP contribution in [0.3, 0.4) is 0 Å². The van der Waals surface area contributed by atoms with Crippen molar-refractivity contribution in [1.82, 2.24) is 5.32 Å². The molecule has 0 spiro atoms. The van der Waals surface area contributed by atoms with Gasteiger partial charge in [0.25, 0.3) is 0 Å². The molecule has 1 heterocycles. The van der Waals surface area contributed by atoms with Gasteiger partial charge in [-0.1, -0.05) is 45.0 Å². The van der Waals surface area contributed by atoms with E-state index in [-0.39, 0.29) is 0 Å². The molecule has 0 bridgehead atoms. The number of hydrogen-bond acceptors (Lipinski definition) is 2. The maximum absolute atomic E-state index is 6.17. The highest BCUT2D eigenvalue weighted by atomic mass is 79.9. The van der Waals surface area contributed by atoms with E-state index in [1.165, 1.54) is 21.7 Å². The van der Waals surface area contributed by atoms with Crippen LogP contribution >= 0.6 is 15.9 Å². The van der Waals surface area contributed by atoms with Crippen molar-refractivity contribution in [3.8, 4) is 0 Å². The average Bonchev–Trinajstić information content (AvgIpc) is 2.83. The molecule has 3 aromatic rings. The third-order valence-electron chi connectivity index (χ3n) is 3.85. The van der Waals surface area contributed by atoms with Crippen LogP contribution < -0.4 is 5.32 Å². The summed E-state index contributed by atoms with van der Waals surface area (Å²) in [5.74, 6) is 1.05. The summed E-state index contributed by atoms with van der Waals surface area (Å²) in [4.78, 5) is 0. The SMILES string of the molecule is CCc1c(CNC(C)C)oc2c(Br)c3ccccc3cc12. The zero-order valence-corrected chi connectivity index (χ0v) is 14.3. The molecule has 0 aliphatic carbocycles. The van der Waals surface area contributed by atoms with E-state index in [1.54, 1.807) is 0 Å². The molecule has 0 saturated carbocycles. The van der Waals surface area contributed by atoms with Gasteiger partial charge in [0.15, 0.2) is 0 Å². The fraction of sp³-hybridized carbons (Fsp3) is 0.333. The molecule has 0 unspecified atom stereocenters. The second-order valence-electron chi connectivity index (χ2n) is 5.68. The Bertz CT molecular complexity index is 789. The minimum Gasteiger partial charge on any atom is -0.458 e. The first-order valence-electron chi connectivity index (χ1n) is 7.46. The smallest absolute Gasteiger partial charge is 0.149 e. The van der Waals surface area contributed by atoms with Crippen LogP contribution in [0.15, 0.2) is 39.2 Å². The highest BCUT2D eigenvalue weighted by molar-refractivity contribution is 9.10. The van der Waals surface area contributed by atoms with Gasteiger partial charge in [-0.25, -0.2) is 0 Å². The summed E-state index contributed by atoms with van der Waals surface area (Å²) in [6.07, 6.45) is 0.979. The molecule has 2 nitrogen and oxygen atoms in total. The van der Waals surface area contributed by atoms with Crippen molar-refractivity contribution in [3.63, 3.8) is 0 Å². The van der Waals surface area contributed by atoms with Crippen LogP contribution in [0, 0.1) is 0 Å². The lowest BCUT2D eigenvalue weighted by Gasteiger charge is -2.06. The minimum atomic E-state index is 0.449. The van der Waals surface area contributed by atoms with Gasteiger partial charge in [-0.05, 0) is 39.2 Å². The molecule has 0 atom stereocenters. The lowest BCUT2D eigenvalue weighted by atomic mass is 10.0. The first-order chi connectivity index (χ1) is 10.1. The van der Waals surface area contributed by atoms with E-state index in [9.17, 15) is 0 Å². The highest BCUT2D eigenvalue weighted by Crippen LogP contribution is 2.37. The predicted molar refractivity (Wildman–Crippen MR) is 92.8 cm³/mol. The summed E-state index contributed by atoms with van der Waals surface area (Å²) in [5, 5.41) is 7.12. The Balaban J connectivity index is 2.22. The highest BCUT2D eigenvalue weighted by Gasteiger charge is 2.17. The van der Waals surface area contributed by atoms with Gasteiger partial charge in [0.2, 0.25) is 0 Å². The summed E-state index contributed by atoms with van der Waals surface area (Å²) in [5.41, 5.74) is 2.27. The molecule has 0 aliphatic rings. The van der Waals surface area contributed by atoms with Crippen molar-refractivity contribution < 1.29 is 4.42 Å². The van der Waals surface area contributed by atoms with Gasteiger partial charge in [0, 0.05) is 17.0 Å². The van der Waals surface area contributed by atoms with Gasteiger partial charge in [0.05, 0.1) is 11.0 Å². The second-order valence-corrected chi connectivity index (χ2v) is 6.47. The normalized spacial score (nSPS) is 11.9. The van der Waals surface area contributed by atoms with Gasteiger partial charge in [-0.3, -0.25) is 0 Å². The molecule has 0 aliphatic heterocycles. The van der Waals surface area contributed by atoms with E-state index in [0.717, 1.165) is 28.8 Å². The monoisotopic (exact) mass is 345 g/mol. The van der Waals surface area contributed by atoms with Crippen LogP contribution in [0.2, 0.25) is 0 Å². The Morgan fingerprint density at radius 1 is 1.19 bits per heavy atom. The molecule has 2 aromatic carbocycles. The van der Waals surface area contributed by atoms with E-state index >= 15 is 0 Å². The first kappa shape index (κ1) is 14.6. The maximum atomic E-state index is 6.17. The third kappa shape index (κ3) is 2.60. The third-order valence-corrected chi connectivity index (χ3v) is 4.64. The van der Waals surface area contributed by atoms with Crippen LogP contribution in [-0.4, -0.2) is 6.04 Å². The first-order valence-corrected chi connectivity index (χ1v) is 8.26. The molecule has 1 N–H and O–H groups in total. The lowest BCUT2D eigenvalue weighted by Crippen LogP contribution is -2.22. The number of nitrogens with one attached hydrogen (secondary N) is 1. The quantitative estimate of drug-likeness (QED) is 0.683. The predicted octanol–water partition coefficient (Wildman–Crippen LogP) is 5.41. The zero-order chi connectivity index (χ0) is 15.0. The average molecular weight is 346 g/mol. The molecular formula is C18H20BrNO. The van der Waals surface area contributed by atoms with E-state index in [2.05, 4.69) is 72.3 Å². The number of benzene rings is 2. The fourth-order valence-corrected chi connectivity index (χ4v) is 3.43. The maximum Gasteiger partial charge on any atom is 0.149 e. The Kier molecular flexibility index (Phi) is 4.05. The second kappa shape index (κ2) is 5.82. The summed E-state index contributed by atoms with van der Waals surface area (Å²) >= 11 is 3.72. The van der Waals surface area contributed by atoms with Gasteiger partial charge < -0.3 is 9.73 Å². The Morgan fingerprint density at radius 3 is 2.67 bits per heavy atom. The van der Waals surface area contributed by atoms with Crippen molar-refractivity contribution in [1.29, 1.82) is 0 Å². The molecule has 110 valence electrons. The number of rotatable bonds is 4. The molecule has 1 aromatic heterocycles. The van der Waals surface area contributed by atoms with Gasteiger partial charge in [-0.15, -0.1) is 0 Å². The van der Waals surface area contributed by atoms with Crippen LogP contribution in [-0.2, 0) is 13.0 Å². The summed E-state index contributed by atoms with van der Waals surface area (Å²) < 4.78 is 7.23. The topological polar surface area (TPSA) is 25.2 Å². The van der Waals surface area contributed by atoms with Crippen LogP contribution in [0.25, 0.3) is 21.7 Å². The van der Waals surface area contributed by atoms with Gasteiger partial charge >= 0.3 is 0 Å². The van der Waals surface area contributed by atoms with E-state index in [0.29, 0.717) is 6.04 Å². The molecule has 3 heteroatoms. The molecule has 0 amide bonds. The van der Waals surface area contributed by atoms with Crippen LogP contribution in [0.5, 0.6) is 0 Å². The minimum absolute atomic E-state index is 0.449. The van der Waals surface area contributed by atoms with Crippen molar-refractivity contribution in [2.75, 3.05) is 0 Å². The molecular weight excluding hydrogens is 326 g/mol. The number of aryl methyl sites for hydroxylation is 1. The number of furan rings is 1. The summed E-state index contributed by atoms with van der Waals surface area (Å²) in [6.45, 7) is 7.27. The Morgan fingerprint density at radius 2 is 1.95 bits per heavy atom. The molecule has 0 saturated heterocycles. The van der Waals surface area contributed by atoms with Crippen molar-refractivity contribution in [3.05, 3.63) is 46.1 Å². The summed E-state index contributed by atoms with van der Waals surface area (Å²) in [6, 6.07) is 11.1. The number of fused-ring (bicyclic) bond motifs is 2. The molecule has 21 heavy (non-hydrogen) atoms. The van der Waals surface area contributed by atoms with Crippen molar-refractivity contribution in [2.45, 2.75) is 39.8 Å². The van der Waals surface area contributed by atoms with E-state index in [4.69, 9.17) is 4.42 Å². The van der Waals surface area contributed by atoms with Crippen molar-refractivity contribution in [2.24, 2.45) is 0 Å². The number of hydrogen-bond donors (Lipinski definition) is 1. The van der Waals surface area contributed by atoms with E-state index < -0.39 is 0 Å². The summed E-state index contributed by atoms with van der Waals surface area (Å²) in [7, 11) is 0. The van der Waals surface area contributed by atoms with Crippen LogP contribution in [0.4, 0.5) is 0 Å². The molecule has 0 radical (unpaired) electrons. The lowest BCUT2D eigenvalue weighted by molar-refractivity contribution is 0.483. The van der Waals surface area contributed by atoms with Gasteiger partial charge in [-0.2, -0.15) is 0 Å². The largest absolute Gasteiger partial charge is 0.458 e. The standard InChI is InChI=1S/C18H20BrNO/c1-4-13-15-9-12-7-5-6-8-14(12)17(19)18(15)21-16(13)10-20-11(2)3/h5-9,11,20H,4,10H2,1-3H3. The molecule has 0 fully saturated rings. The fourth-order valence-electron chi connectivity index (χ4n) is 2.77. The Labute approximate surface area is 133 Å². The number of halogens is 1. The zero-order valence-electron chi connectivity index (χ0n) is 12.7. The van der Waals surface area contributed by atoms with Gasteiger partial charge in [0.1, 0.15) is 11.3 Å². The van der Waals surface area contributed by atoms with Crippen molar-refractivity contribution >= 4 is 37.7 Å². The van der Waals surface area contributed by atoms with Crippen LogP contribution in [0.1, 0.15) is 32.1 Å².